The van der Waals surface area contributed by atoms with Crippen molar-refractivity contribution in [2.45, 2.75) is 45.4 Å². The largest absolute Gasteiger partial charge is 0.0622 e. The normalized spacial score (nSPS) is 11.5. The molecule has 0 aliphatic heterocycles. The Bertz CT molecular complexity index is 1040. The van der Waals surface area contributed by atoms with Crippen molar-refractivity contribution in [3.63, 3.8) is 0 Å². The van der Waals surface area contributed by atoms with E-state index in [2.05, 4.69) is 124 Å². The maximum Gasteiger partial charge on any atom is -0.00201 e. The van der Waals surface area contributed by atoms with Crippen LogP contribution in [0.4, 0.5) is 0 Å². The first kappa shape index (κ1) is 21.1. The molecule has 0 amide bonds. The molecule has 156 valence electrons. The molecule has 31 heavy (non-hydrogen) atoms. The van der Waals surface area contributed by atoms with Crippen molar-refractivity contribution in [1.82, 2.24) is 0 Å². The van der Waals surface area contributed by atoms with Crippen LogP contribution < -0.4 is 0 Å². The van der Waals surface area contributed by atoms with Gasteiger partial charge in [-0.1, -0.05) is 124 Å². The smallest absolute Gasteiger partial charge is 0.00201 e. The fourth-order valence-electron chi connectivity index (χ4n) is 4.20. The summed E-state index contributed by atoms with van der Waals surface area (Å²) in [6.07, 6.45) is 2.90. The fraction of sp³-hybridized carbons (Fsp3) is 0.226. The van der Waals surface area contributed by atoms with Crippen LogP contribution in [0.5, 0.6) is 0 Å². The Kier molecular flexibility index (Phi) is 6.37. The van der Waals surface area contributed by atoms with E-state index < -0.39 is 0 Å². The van der Waals surface area contributed by atoms with Crippen LogP contribution in [-0.2, 0) is 24.7 Å². The fourth-order valence-corrected chi connectivity index (χ4v) is 4.20. The van der Waals surface area contributed by atoms with E-state index in [1.54, 1.807) is 0 Å². The lowest BCUT2D eigenvalue weighted by molar-refractivity contribution is 0.588. The van der Waals surface area contributed by atoms with E-state index in [9.17, 15) is 0 Å². The highest BCUT2D eigenvalue weighted by atomic mass is 14.2. The third-order valence-electron chi connectivity index (χ3n) is 6.00. The van der Waals surface area contributed by atoms with E-state index in [1.807, 2.05) is 0 Å². The Labute approximate surface area is 187 Å². The molecule has 0 atom stereocenters. The summed E-state index contributed by atoms with van der Waals surface area (Å²) >= 11 is 0. The summed E-state index contributed by atoms with van der Waals surface area (Å²) in [6.45, 7) is 6.95. The molecule has 0 aliphatic rings. The molecule has 0 N–H and O–H groups in total. The van der Waals surface area contributed by atoms with Gasteiger partial charge >= 0.3 is 0 Å². The first-order valence-electron chi connectivity index (χ1n) is 11.3. The third kappa shape index (κ3) is 5.52. The van der Waals surface area contributed by atoms with E-state index in [1.165, 1.54) is 38.9 Å². The summed E-state index contributed by atoms with van der Waals surface area (Å²) < 4.78 is 0. The average molecular weight is 405 g/mol. The van der Waals surface area contributed by atoms with Crippen LogP contribution in [0, 0.1) is 0 Å². The van der Waals surface area contributed by atoms with Gasteiger partial charge in [-0.05, 0) is 63.6 Å². The second-order valence-electron chi connectivity index (χ2n) is 9.51. The summed E-state index contributed by atoms with van der Waals surface area (Å²) in [7, 11) is 0. The monoisotopic (exact) mass is 404 g/mol. The Morgan fingerprint density at radius 2 is 0.839 bits per heavy atom. The van der Waals surface area contributed by atoms with Crippen LogP contribution in [0.1, 0.15) is 59.7 Å². The van der Waals surface area contributed by atoms with Crippen molar-refractivity contribution in [2.75, 3.05) is 0 Å². The maximum absolute atomic E-state index is 2.46. The van der Waals surface area contributed by atoms with Gasteiger partial charge in [-0.3, -0.25) is 0 Å². The van der Waals surface area contributed by atoms with Crippen molar-refractivity contribution in [3.05, 3.63) is 142 Å². The number of rotatable bonds is 6. The second kappa shape index (κ2) is 9.35. The number of benzene rings is 4. The molecule has 0 spiro atoms. The van der Waals surface area contributed by atoms with E-state index >= 15 is 0 Å². The molecule has 0 unspecified atom stereocenters. The van der Waals surface area contributed by atoms with Crippen LogP contribution in [-0.4, -0.2) is 0 Å². The zero-order chi connectivity index (χ0) is 21.7. The van der Waals surface area contributed by atoms with Gasteiger partial charge in [0.15, 0.2) is 0 Å². The van der Waals surface area contributed by atoms with Gasteiger partial charge in [-0.25, -0.2) is 0 Å². The molecule has 0 radical (unpaired) electrons. The number of hydrogen-bond donors (Lipinski definition) is 0. The molecule has 0 saturated carbocycles. The summed E-state index contributed by atoms with van der Waals surface area (Å²) in [6, 6.07) is 37.5. The molecule has 4 rings (SSSR count). The second-order valence-corrected chi connectivity index (χ2v) is 9.51. The molecule has 0 fully saturated rings. The molecule has 0 heteroatoms. The maximum atomic E-state index is 2.46. The van der Waals surface area contributed by atoms with Crippen LogP contribution in [0.3, 0.4) is 0 Å². The lowest BCUT2D eigenvalue weighted by Crippen LogP contribution is -2.14. The molecular formula is C31H32. The molecule has 0 saturated heterocycles. The van der Waals surface area contributed by atoms with Gasteiger partial charge in [0.05, 0.1) is 0 Å². The standard InChI is InChI=1S/C31H32/c1-31(2,3)29-22-27(19-24-13-7-4-8-14-24)30(21-26-17-11-6-12-18-26)28(23-29)20-25-15-9-5-10-16-25/h4-18,22-23H,19-21H2,1-3H3. The predicted octanol–water partition coefficient (Wildman–Crippen LogP) is 7.76. The van der Waals surface area contributed by atoms with Crippen molar-refractivity contribution in [1.29, 1.82) is 0 Å². The molecule has 0 bridgehead atoms. The summed E-state index contributed by atoms with van der Waals surface area (Å²) in [4.78, 5) is 0. The SMILES string of the molecule is CC(C)(C)c1cc(Cc2ccccc2)c(Cc2ccccc2)c(Cc2ccccc2)c1. The van der Waals surface area contributed by atoms with Gasteiger partial charge in [-0.15, -0.1) is 0 Å². The highest BCUT2D eigenvalue weighted by Crippen LogP contribution is 2.31. The summed E-state index contributed by atoms with van der Waals surface area (Å²) in [5.41, 5.74) is 10.0. The first-order chi connectivity index (χ1) is 15.0. The first-order valence-corrected chi connectivity index (χ1v) is 11.3. The van der Waals surface area contributed by atoms with Crippen LogP contribution in [0.2, 0.25) is 0 Å². The van der Waals surface area contributed by atoms with Gasteiger partial charge in [0.2, 0.25) is 0 Å². The van der Waals surface area contributed by atoms with E-state index in [0.29, 0.717) is 0 Å². The van der Waals surface area contributed by atoms with Crippen LogP contribution in [0.15, 0.2) is 103 Å². The van der Waals surface area contributed by atoms with Crippen molar-refractivity contribution < 1.29 is 0 Å². The van der Waals surface area contributed by atoms with E-state index in [-0.39, 0.29) is 5.41 Å². The molecular weight excluding hydrogens is 372 g/mol. The van der Waals surface area contributed by atoms with Crippen LogP contribution in [0.25, 0.3) is 0 Å². The molecule has 0 nitrogen and oxygen atoms in total. The Hall–Kier alpha value is -3.12. The molecule has 4 aromatic rings. The quantitative estimate of drug-likeness (QED) is 0.308. The van der Waals surface area contributed by atoms with Crippen molar-refractivity contribution in [2.24, 2.45) is 0 Å². The molecule has 0 aromatic heterocycles. The zero-order valence-electron chi connectivity index (χ0n) is 18.9. The van der Waals surface area contributed by atoms with Gasteiger partial charge in [0.1, 0.15) is 0 Å². The average Bonchev–Trinajstić information content (AvgIpc) is 2.77. The Morgan fingerprint density at radius 1 is 0.484 bits per heavy atom. The molecule has 0 heterocycles. The Balaban J connectivity index is 1.85. The van der Waals surface area contributed by atoms with E-state index in [0.717, 1.165) is 19.3 Å². The summed E-state index contributed by atoms with van der Waals surface area (Å²) in [5.74, 6) is 0. The molecule has 4 aromatic carbocycles. The predicted molar refractivity (Wildman–Crippen MR) is 133 cm³/mol. The lowest BCUT2D eigenvalue weighted by Gasteiger charge is -2.25. The highest BCUT2D eigenvalue weighted by molar-refractivity contribution is 5.48. The van der Waals surface area contributed by atoms with Gasteiger partial charge in [-0.2, -0.15) is 0 Å². The highest BCUT2D eigenvalue weighted by Gasteiger charge is 2.19. The zero-order valence-corrected chi connectivity index (χ0v) is 18.9. The third-order valence-corrected chi connectivity index (χ3v) is 6.00. The lowest BCUT2D eigenvalue weighted by atomic mass is 9.80. The molecule has 0 aliphatic carbocycles. The topological polar surface area (TPSA) is 0 Å². The van der Waals surface area contributed by atoms with Crippen LogP contribution >= 0.6 is 0 Å². The van der Waals surface area contributed by atoms with Gasteiger partial charge in [0, 0.05) is 0 Å². The van der Waals surface area contributed by atoms with Gasteiger partial charge in [0.25, 0.3) is 0 Å². The number of hydrogen-bond acceptors (Lipinski definition) is 0. The summed E-state index contributed by atoms with van der Waals surface area (Å²) in [5, 5.41) is 0. The van der Waals surface area contributed by atoms with E-state index in [4.69, 9.17) is 0 Å². The minimum absolute atomic E-state index is 0.113. The minimum Gasteiger partial charge on any atom is -0.0622 e. The van der Waals surface area contributed by atoms with Crippen molar-refractivity contribution in [3.8, 4) is 0 Å². The minimum atomic E-state index is 0.113. The van der Waals surface area contributed by atoms with Crippen molar-refractivity contribution >= 4 is 0 Å². The van der Waals surface area contributed by atoms with Gasteiger partial charge < -0.3 is 0 Å². The Morgan fingerprint density at radius 3 is 1.19 bits per heavy atom.